The number of amides is 1. The van der Waals surface area contributed by atoms with Gasteiger partial charge in [-0.3, -0.25) is 4.79 Å². The lowest BCUT2D eigenvalue weighted by molar-refractivity contribution is 0.219. The zero-order valence-electron chi connectivity index (χ0n) is 6.27. The summed E-state index contributed by atoms with van der Waals surface area (Å²) in [7, 11) is 1.58. The molecule has 0 fully saturated rings. The SMILES string of the molecule is CC(C)C(Cl)N(C)C(=O)Cl. The fourth-order valence-corrected chi connectivity index (χ4v) is 0.788. The van der Waals surface area contributed by atoms with Gasteiger partial charge in [-0.25, -0.2) is 0 Å². The molecule has 0 aromatic rings. The fourth-order valence-electron chi connectivity index (χ4n) is 0.544. The Labute approximate surface area is 71.1 Å². The van der Waals surface area contributed by atoms with Gasteiger partial charge in [-0.05, 0) is 17.5 Å². The molecule has 0 aromatic heterocycles. The van der Waals surface area contributed by atoms with E-state index >= 15 is 0 Å². The predicted molar refractivity (Wildman–Crippen MR) is 43.5 cm³/mol. The Hall–Kier alpha value is 0.0500. The summed E-state index contributed by atoms with van der Waals surface area (Å²) in [5.74, 6) is 0.217. The average Bonchev–Trinajstić information content (AvgIpc) is 1.84. The third-order valence-corrected chi connectivity index (χ3v) is 2.26. The molecule has 0 saturated heterocycles. The monoisotopic (exact) mass is 183 g/mol. The summed E-state index contributed by atoms with van der Waals surface area (Å²) in [4.78, 5) is 11.8. The molecule has 0 aliphatic rings. The Bertz CT molecular complexity index is 127. The summed E-state index contributed by atoms with van der Waals surface area (Å²) in [6.07, 6.45) is 0. The van der Waals surface area contributed by atoms with E-state index < -0.39 is 5.37 Å². The smallest absolute Gasteiger partial charge is 0.316 e. The van der Waals surface area contributed by atoms with Crippen molar-refractivity contribution in [1.29, 1.82) is 0 Å². The molecule has 0 aliphatic heterocycles. The Kier molecular flexibility index (Phi) is 4.06. The van der Waals surface area contributed by atoms with Crippen molar-refractivity contribution in [1.82, 2.24) is 4.90 Å². The predicted octanol–water partition coefficient (Wildman–Crippen LogP) is 2.50. The standard InChI is InChI=1S/C6H11Cl2NO/c1-4(2)5(7)9(3)6(8)10/h4-5H,1-3H3. The van der Waals surface area contributed by atoms with Crippen molar-refractivity contribution in [3.05, 3.63) is 0 Å². The third kappa shape index (κ3) is 2.76. The van der Waals surface area contributed by atoms with Crippen molar-refractivity contribution in [2.75, 3.05) is 7.05 Å². The van der Waals surface area contributed by atoms with Gasteiger partial charge in [0.25, 0.3) is 0 Å². The van der Waals surface area contributed by atoms with E-state index in [1.54, 1.807) is 7.05 Å². The van der Waals surface area contributed by atoms with Gasteiger partial charge in [-0.15, -0.1) is 0 Å². The second-order valence-corrected chi connectivity index (χ2v) is 3.25. The summed E-state index contributed by atoms with van der Waals surface area (Å²) in [6.45, 7) is 3.85. The summed E-state index contributed by atoms with van der Waals surface area (Å²) in [5.41, 5.74) is -0.315. The number of halogens is 2. The van der Waals surface area contributed by atoms with Gasteiger partial charge in [-0.2, -0.15) is 0 Å². The number of rotatable bonds is 2. The molecule has 0 bridgehead atoms. The molecule has 1 amide bonds. The van der Waals surface area contributed by atoms with Gasteiger partial charge in [0.15, 0.2) is 0 Å². The lowest BCUT2D eigenvalue weighted by Gasteiger charge is -2.22. The van der Waals surface area contributed by atoms with E-state index in [4.69, 9.17) is 23.2 Å². The van der Waals surface area contributed by atoms with Crippen molar-refractivity contribution in [2.24, 2.45) is 5.92 Å². The van der Waals surface area contributed by atoms with Crippen molar-refractivity contribution in [3.8, 4) is 0 Å². The third-order valence-electron chi connectivity index (χ3n) is 1.20. The number of hydrogen-bond donors (Lipinski definition) is 0. The number of carbonyl (C=O) groups excluding carboxylic acids is 1. The van der Waals surface area contributed by atoms with Crippen LogP contribution in [0.5, 0.6) is 0 Å². The van der Waals surface area contributed by atoms with Crippen LogP contribution in [0.2, 0.25) is 0 Å². The second-order valence-electron chi connectivity index (χ2n) is 2.48. The Morgan fingerprint density at radius 1 is 1.50 bits per heavy atom. The maximum atomic E-state index is 10.5. The van der Waals surface area contributed by atoms with Crippen molar-refractivity contribution in [3.63, 3.8) is 0 Å². The van der Waals surface area contributed by atoms with Gasteiger partial charge in [0, 0.05) is 7.05 Å². The number of carbonyl (C=O) groups is 1. The normalized spacial score (nSPS) is 13.4. The van der Waals surface area contributed by atoms with Crippen LogP contribution in [0.4, 0.5) is 4.79 Å². The molecule has 0 radical (unpaired) electrons. The molecule has 0 N–H and O–H groups in total. The quantitative estimate of drug-likeness (QED) is 0.366. The van der Waals surface area contributed by atoms with E-state index in [9.17, 15) is 4.79 Å². The first-order chi connectivity index (χ1) is 4.46. The molecule has 0 rings (SSSR count). The molecule has 0 spiro atoms. The van der Waals surface area contributed by atoms with Crippen LogP contribution in [0.1, 0.15) is 13.8 Å². The highest BCUT2D eigenvalue weighted by molar-refractivity contribution is 6.63. The molecule has 1 atom stereocenters. The molecule has 0 aliphatic carbocycles. The fraction of sp³-hybridized carbons (Fsp3) is 0.833. The molecule has 4 heteroatoms. The lowest BCUT2D eigenvalue weighted by atomic mass is 10.2. The molecule has 1 unspecified atom stereocenters. The molecule has 2 nitrogen and oxygen atoms in total. The first-order valence-corrected chi connectivity index (χ1v) is 3.84. The summed E-state index contributed by atoms with van der Waals surface area (Å²) in [5, 5.41) is -0.520. The highest BCUT2D eigenvalue weighted by Gasteiger charge is 2.18. The number of nitrogens with zero attached hydrogens (tertiary/aromatic N) is 1. The highest BCUT2D eigenvalue weighted by Crippen LogP contribution is 2.14. The number of hydrogen-bond acceptors (Lipinski definition) is 1. The molecule has 60 valence electrons. The van der Waals surface area contributed by atoms with Gasteiger partial charge in [-0.1, -0.05) is 25.4 Å². The highest BCUT2D eigenvalue weighted by atomic mass is 35.5. The minimum Gasteiger partial charge on any atom is -0.316 e. The van der Waals surface area contributed by atoms with Crippen LogP contribution in [0.15, 0.2) is 0 Å². The van der Waals surface area contributed by atoms with Gasteiger partial charge < -0.3 is 4.90 Å². The summed E-state index contributed by atoms with van der Waals surface area (Å²) >= 11 is 11.0. The first kappa shape index (κ1) is 10.0. The van der Waals surface area contributed by atoms with E-state index in [0.717, 1.165) is 0 Å². The molecule has 10 heavy (non-hydrogen) atoms. The van der Waals surface area contributed by atoms with Crippen molar-refractivity contribution in [2.45, 2.75) is 19.3 Å². The zero-order valence-corrected chi connectivity index (χ0v) is 7.78. The van der Waals surface area contributed by atoms with Crippen LogP contribution in [-0.2, 0) is 0 Å². The minimum atomic E-state index is -0.520. The van der Waals surface area contributed by atoms with Gasteiger partial charge in [0.05, 0.1) is 0 Å². The van der Waals surface area contributed by atoms with Crippen LogP contribution < -0.4 is 0 Å². The summed E-state index contributed by atoms with van der Waals surface area (Å²) < 4.78 is 0. The average molecular weight is 184 g/mol. The van der Waals surface area contributed by atoms with Crippen molar-refractivity contribution < 1.29 is 4.79 Å². The molecule has 0 saturated carbocycles. The van der Waals surface area contributed by atoms with Crippen LogP contribution in [0.3, 0.4) is 0 Å². The maximum absolute atomic E-state index is 10.5. The Morgan fingerprint density at radius 3 is 2.00 bits per heavy atom. The Balaban J connectivity index is 3.94. The van der Waals surface area contributed by atoms with Crippen LogP contribution in [0.25, 0.3) is 0 Å². The molecular weight excluding hydrogens is 173 g/mol. The molecule has 0 aromatic carbocycles. The van der Waals surface area contributed by atoms with E-state index in [0.29, 0.717) is 0 Å². The van der Waals surface area contributed by atoms with E-state index in [2.05, 4.69) is 0 Å². The lowest BCUT2D eigenvalue weighted by Crippen LogP contribution is -2.32. The largest absolute Gasteiger partial charge is 0.317 e. The minimum absolute atomic E-state index is 0.217. The van der Waals surface area contributed by atoms with Gasteiger partial charge in [0.1, 0.15) is 5.50 Å². The second kappa shape index (κ2) is 4.04. The molecular formula is C6H11Cl2NO. The Morgan fingerprint density at radius 2 is 1.90 bits per heavy atom. The van der Waals surface area contributed by atoms with E-state index in [1.807, 2.05) is 13.8 Å². The van der Waals surface area contributed by atoms with Crippen LogP contribution >= 0.6 is 23.2 Å². The van der Waals surface area contributed by atoms with E-state index in [-0.39, 0.29) is 11.4 Å². The van der Waals surface area contributed by atoms with E-state index in [1.165, 1.54) is 4.90 Å². The van der Waals surface area contributed by atoms with Crippen LogP contribution in [0, 0.1) is 5.92 Å². The van der Waals surface area contributed by atoms with Gasteiger partial charge >= 0.3 is 5.37 Å². The maximum Gasteiger partial charge on any atom is 0.317 e. The number of alkyl halides is 1. The topological polar surface area (TPSA) is 20.3 Å². The van der Waals surface area contributed by atoms with Gasteiger partial charge in [0.2, 0.25) is 0 Å². The van der Waals surface area contributed by atoms with Crippen molar-refractivity contribution >= 4 is 28.6 Å². The first-order valence-electron chi connectivity index (χ1n) is 3.03. The summed E-state index contributed by atoms with van der Waals surface area (Å²) in [6, 6.07) is 0. The van der Waals surface area contributed by atoms with Crippen LogP contribution in [-0.4, -0.2) is 22.8 Å². The zero-order chi connectivity index (χ0) is 8.31. The molecule has 0 heterocycles.